The molecule has 0 fully saturated rings. The Balaban J connectivity index is 1.70. The zero-order valence-corrected chi connectivity index (χ0v) is 15.1. The van der Waals surface area contributed by atoms with Crippen molar-refractivity contribution in [2.24, 2.45) is 0 Å². The summed E-state index contributed by atoms with van der Waals surface area (Å²) in [6.07, 6.45) is 0.698. The summed E-state index contributed by atoms with van der Waals surface area (Å²) in [6, 6.07) is 21.7. The number of phenols is 1. The minimum atomic E-state index is 0.267. The van der Waals surface area contributed by atoms with Crippen molar-refractivity contribution in [1.82, 2.24) is 0 Å². The van der Waals surface area contributed by atoms with Crippen LogP contribution in [0, 0.1) is 6.92 Å². The maximum absolute atomic E-state index is 10.3. The molecule has 0 saturated heterocycles. The first-order valence-corrected chi connectivity index (χ1v) is 8.65. The van der Waals surface area contributed by atoms with Crippen molar-refractivity contribution in [3.63, 3.8) is 0 Å². The molecule has 0 aliphatic carbocycles. The summed E-state index contributed by atoms with van der Waals surface area (Å²) in [5.41, 5.74) is 4.40. The van der Waals surface area contributed by atoms with E-state index in [4.69, 9.17) is 4.74 Å². The number of aryl methyl sites for hydroxylation is 1. The zero-order valence-electron chi connectivity index (χ0n) is 13.5. The van der Waals surface area contributed by atoms with Crippen LogP contribution in [0.4, 0.5) is 0 Å². The molecular weight excluding hydrogens is 364 g/mol. The highest BCUT2D eigenvalue weighted by Crippen LogP contribution is 2.28. The lowest BCUT2D eigenvalue weighted by atomic mass is 10.00. The number of halogens is 1. The summed E-state index contributed by atoms with van der Waals surface area (Å²) in [4.78, 5) is 0. The number of hydrogen-bond donors (Lipinski definition) is 1. The SMILES string of the molecule is Cc1cc(Br)ccc1Cc1ccc(OCc2ccccc2)cc1O. The molecule has 0 amide bonds. The van der Waals surface area contributed by atoms with Crippen LogP contribution in [0.5, 0.6) is 11.5 Å². The standard InChI is InChI=1S/C21H19BrO2/c1-15-11-19(22)9-7-17(15)12-18-8-10-20(13-21(18)23)24-14-16-5-3-2-4-6-16/h2-11,13,23H,12,14H2,1H3. The molecule has 0 aliphatic heterocycles. The monoisotopic (exact) mass is 382 g/mol. The van der Waals surface area contributed by atoms with Crippen molar-refractivity contribution in [1.29, 1.82) is 0 Å². The molecule has 0 unspecified atom stereocenters. The predicted octanol–water partition coefficient (Wildman–Crippen LogP) is 5.63. The van der Waals surface area contributed by atoms with Gasteiger partial charge in [0.25, 0.3) is 0 Å². The summed E-state index contributed by atoms with van der Waals surface area (Å²) in [5.74, 6) is 0.940. The van der Waals surface area contributed by atoms with Gasteiger partial charge in [0.05, 0.1) is 0 Å². The smallest absolute Gasteiger partial charge is 0.123 e. The van der Waals surface area contributed by atoms with Gasteiger partial charge in [0.2, 0.25) is 0 Å². The van der Waals surface area contributed by atoms with E-state index in [0.717, 1.165) is 15.6 Å². The van der Waals surface area contributed by atoms with Gasteiger partial charge in [-0.2, -0.15) is 0 Å². The third kappa shape index (κ3) is 4.18. The van der Waals surface area contributed by atoms with Gasteiger partial charge < -0.3 is 9.84 Å². The van der Waals surface area contributed by atoms with Gasteiger partial charge in [-0.05, 0) is 47.4 Å². The highest BCUT2D eigenvalue weighted by atomic mass is 79.9. The van der Waals surface area contributed by atoms with Crippen molar-refractivity contribution in [2.75, 3.05) is 0 Å². The fourth-order valence-electron chi connectivity index (χ4n) is 2.59. The fraction of sp³-hybridized carbons (Fsp3) is 0.143. The van der Waals surface area contributed by atoms with Crippen LogP contribution in [0.25, 0.3) is 0 Å². The Bertz CT molecular complexity index is 828. The second kappa shape index (κ2) is 7.54. The van der Waals surface area contributed by atoms with E-state index in [1.54, 1.807) is 6.07 Å². The first-order chi connectivity index (χ1) is 11.6. The molecule has 0 aromatic heterocycles. The van der Waals surface area contributed by atoms with Gasteiger partial charge in [0.1, 0.15) is 18.1 Å². The van der Waals surface area contributed by atoms with Gasteiger partial charge in [-0.25, -0.2) is 0 Å². The number of hydrogen-bond acceptors (Lipinski definition) is 2. The molecule has 0 saturated carbocycles. The molecule has 0 bridgehead atoms. The largest absolute Gasteiger partial charge is 0.508 e. The van der Waals surface area contributed by atoms with Crippen molar-refractivity contribution in [2.45, 2.75) is 20.0 Å². The first-order valence-electron chi connectivity index (χ1n) is 7.85. The van der Waals surface area contributed by atoms with E-state index in [1.165, 1.54) is 11.1 Å². The normalized spacial score (nSPS) is 10.6. The molecular formula is C21H19BrO2. The summed E-state index contributed by atoms with van der Waals surface area (Å²) in [5, 5.41) is 10.3. The van der Waals surface area contributed by atoms with Crippen molar-refractivity contribution >= 4 is 15.9 Å². The van der Waals surface area contributed by atoms with Crippen LogP contribution in [0.3, 0.4) is 0 Å². The summed E-state index contributed by atoms with van der Waals surface area (Å²) in [6.45, 7) is 2.57. The Morgan fingerprint density at radius 3 is 2.38 bits per heavy atom. The third-order valence-corrected chi connectivity index (χ3v) is 4.48. The molecule has 122 valence electrons. The van der Waals surface area contributed by atoms with Gasteiger partial charge in [-0.3, -0.25) is 0 Å². The van der Waals surface area contributed by atoms with Crippen LogP contribution in [0.15, 0.2) is 71.2 Å². The van der Waals surface area contributed by atoms with Crippen LogP contribution < -0.4 is 4.74 Å². The minimum Gasteiger partial charge on any atom is -0.508 e. The Kier molecular flexibility index (Phi) is 5.21. The molecule has 0 spiro atoms. The van der Waals surface area contributed by atoms with Gasteiger partial charge in [-0.1, -0.05) is 58.4 Å². The second-order valence-electron chi connectivity index (χ2n) is 5.81. The molecule has 0 radical (unpaired) electrons. The lowest BCUT2D eigenvalue weighted by molar-refractivity contribution is 0.304. The molecule has 0 heterocycles. The minimum absolute atomic E-state index is 0.267. The molecule has 3 rings (SSSR count). The second-order valence-corrected chi connectivity index (χ2v) is 6.73. The predicted molar refractivity (Wildman–Crippen MR) is 101 cm³/mol. The fourth-order valence-corrected chi connectivity index (χ4v) is 3.06. The molecule has 0 aliphatic rings. The molecule has 0 atom stereocenters. The average molecular weight is 383 g/mol. The van der Waals surface area contributed by atoms with Crippen LogP contribution >= 0.6 is 15.9 Å². The van der Waals surface area contributed by atoms with Gasteiger partial charge in [-0.15, -0.1) is 0 Å². The molecule has 2 nitrogen and oxygen atoms in total. The molecule has 3 aromatic rings. The average Bonchev–Trinajstić information content (AvgIpc) is 2.58. The molecule has 1 N–H and O–H groups in total. The maximum atomic E-state index is 10.3. The highest BCUT2D eigenvalue weighted by Gasteiger charge is 2.07. The van der Waals surface area contributed by atoms with E-state index in [1.807, 2.05) is 48.5 Å². The van der Waals surface area contributed by atoms with E-state index < -0.39 is 0 Å². The highest BCUT2D eigenvalue weighted by molar-refractivity contribution is 9.10. The Morgan fingerprint density at radius 2 is 1.67 bits per heavy atom. The topological polar surface area (TPSA) is 29.5 Å². The molecule has 3 aromatic carbocycles. The van der Waals surface area contributed by atoms with E-state index in [-0.39, 0.29) is 5.75 Å². The molecule has 3 heteroatoms. The van der Waals surface area contributed by atoms with Crippen molar-refractivity contribution in [3.05, 3.63) is 93.5 Å². The van der Waals surface area contributed by atoms with E-state index >= 15 is 0 Å². The van der Waals surface area contributed by atoms with Crippen LogP contribution in [-0.2, 0) is 13.0 Å². The number of benzene rings is 3. The van der Waals surface area contributed by atoms with E-state index in [0.29, 0.717) is 18.8 Å². The Morgan fingerprint density at radius 1 is 0.917 bits per heavy atom. The number of ether oxygens (including phenoxy) is 1. The molecule has 24 heavy (non-hydrogen) atoms. The van der Waals surface area contributed by atoms with E-state index in [2.05, 4.69) is 35.0 Å². The van der Waals surface area contributed by atoms with Crippen LogP contribution in [0.1, 0.15) is 22.3 Å². The van der Waals surface area contributed by atoms with Gasteiger partial charge >= 0.3 is 0 Å². The van der Waals surface area contributed by atoms with E-state index in [9.17, 15) is 5.11 Å². The number of rotatable bonds is 5. The van der Waals surface area contributed by atoms with Crippen molar-refractivity contribution in [3.8, 4) is 11.5 Å². The van der Waals surface area contributed by atoms with Gasteiger partial charge in [0.15, 0.2) is 0 Å². The summed E-state index contributed by atoms with van der Waals surface area (Å²) < 4.78 is 6.82. The Labute approximate surface area is 150 Å². The zero-order chi connectivity index (χ0) is 16.9. The summed E-state index contributed by atoms with van der Waals surface area (Å²) in [7, 11) is 0. The van der Waals surface area contributed by atoms with Crippen LogP contribution in [0.2, 0.25) is 0 Å². The van der Waals surface area contributed by atoms with Crippen molar-refractivity contribution < 1.29 is 9.84 Å². The summed E-state index contributed by atoms with van der Waals surface area (Å²) >= 11 is 3.48. The lowest BCUT2D eigenvalue weighted by Gasteiger charge is -2.11. The number of aromatic hydroxyl groups is 1. The lowest BCUT2D eigenvalue weighted by Crippen LogP contribution is -1.96. The maximum Gasteiger partial charge on any atom is 0.123 e. The van der Waals surface area contributed by atoms with Crippen LogP contribution in [-0.4, -0.2) is 5.11 Å². The third-order valence-electron chi connectivity index (χ3n) is 3.99. The quantitative estimate of drug-likeness (QED) is 0.619. The Hall–Kier alpha value is -2.26. The number of phenolic OH excluding ortho intramolecular Hbond substituents is 1. The first kappa shape index (κ1) is 16.6. The van der Waals surface area contributed by atoms with Gasteiger partial charge in [0, 0.05) is 17.0 Å².